The Kier molecular flexibility index (Phi) is 3.62. The molecule has 1 saturated carbocycles. The largest absolute Gasteiger partial charge is 0.371 e. The highest BCUT2D eigenvalue weighted by Crippen LogP contribution is 2.28. The van der Waals surface area contributed by atoms with Crippen molar-refractivity contribution in [2.75, 3.05) is 12.4 Å². The highest BCUT2D eigenvalue weighted by atomic mass is 32.2. The van der Waals surface area contributed by atoms with Crippen LogP contribution in [-0.2, 0) is 10.0 Å². The quantitative estimate of drug-likeness (QED) is 0.904. The number of anilines is 1. The molecule has 0 aromatic carbocycles. The molecule has 0 saturated heterocycles. The van der Waals surface area contributed by atoms with Crippen LogP contribution in [-0.4, -0.2) is 30.9 Å². The minimum Gasteiger partial charge on any atom is -0.371 e. The zero-order valence-electron chi connectivity index (χ0n) is 12.2. The summed E-state index contributed by atoms with van der Waals surface area (Å²) in [5.74, 6) is 0.747. The van der Waals surface area contributed by atoms with Crippen LogP contribution in [0.15, 0.2) is 29.4 Å². The van der Waals surface area contributed by atoms with E-state index in [0.717, 1.165) is 19.3 Å². The second-order valence-electron chi connectivity index (χ2n) is 5.58. The number of rotatable bonds is 4. The van der Waals surface area contributed by atoms with Crippen LogP contribution in [0.5, 0.6) is 0 Å². The van der Waals surface area contributed by atoms with E-state index >= 15 is 0 Å². The average Bonchev–Trinajstić information content (AvgIpc) is 3.02. The van der Waals surface area contributed by atoms with E-state index in [2.05, 4.69) is 21.9 Å². The Morgan fingerprint density at radius 1 is 1.33 bits per heavy atom. The van der Waals surface area contributed by atoms with Crippen LogP contribution in [0.1, 0.15) is 26.2 Å². The van der Waals surface area contributed by atoms with Gasteiger partial charge in [0.05, 0.1) is 0 Å². The maximum absolute atomic E-state index is 12.8. The predicted molar refractivity (Wildman–Crippen MR) is 81.9 cm³/mol. The molecule has 1 aliphatic rings. The van der Waals surface area contributed by atoms with Crippen molar-refractivity contribution >= 4 is 21.5 Å². The molecule has 0 radical (unpaired) electrons. The van der Waals surface area contributed by atoms with E-state index in [1.165, 1.54) is 0 Å². The summed E-state index contributed by atoms with van der Waals surface area (Å²) in [5.41, 5.74) is 0.613. The van der Waals surface area contributed by atoms with Gasteiger partial charge in [0, 0.05) is 19.3 Å². The number of fused-ring (bicyclic) bond motifs is 1. The Morgan fingerprint density at radius 2 is 2.14 bits per heavy atom. The number of sulfonamides is 1. The Hall–Kier alpha value is -1.60. The standard InChI is InChI=1S/C14H20N4O2S/c1-10-6-5-7-11(10)17-21(19,20)14-13(15-2)16-12-8-3-4-9-18(12)14/h3-4,8-11,15,17H,5-7H2,1-2H3. The third-order valence-electron chi connectivity index (χ3n) is 4.15. The van der Waals surface area contributed by atoms with Crippen molar-refractivity contribution in [1.29, 1.82) is 0 Å². The van der Waals surface area contributed by atoms with Gasteiger partial charge in [-0.25, -0.2) is 18.1 Å². The Bertz CT molecular complexity index is 753. The van der Waals surface area contributed by atoms with E-state index in [1.807, 2.05) is 6.07 Å². The second kappa shape index (κ2) is 5.31. The van der Waals surface area contributed by atoms with Gasteiger partial charge < -0.3 is 5.32 Å². The lowest BCUT2D eigenvalue weighted by atomic mass is 10.1. The fraction of sp³-hybridized carbons (Fsp3) is 0.500. The molecule has 0 aliphatic heterocycles. The zero-order chi connectivity index (χ0) is 15.0. The molecule has 2 aromatic heterocycles. The maximum Gasteiger partial charge on any atom is 0.260 e. The number of hydrogen-bond donors (Lipinski definition) is 2. The van der Waals surface area contributed by atoms with Crippen molar-refractivity contribution in [3.05, 3.63) is 24.4 Å². The van der Waals surface area contributed by atoms with Gasteiger partial charge in [-0.15, -0.1) is 0 Å². The van der Waals surface area contributed by atoms with Crippen LogP contribution in [0.3, 0.4) is 0 Å². The van der Waals surface area contributed by atoms with Gasteiger partial charge in [0.1, 0.15) is 5.65 Å². The molecule has 7 heteroatoms. The van der Waals surface area contributed by atoms with Crippen molar-refractivity contribution in [2.24, 2.45) is 5.92 Å². The first kappa shape index (κ1) is 14.3. The van der Waals surface area contributed by atoms with Crippen LogP contribution < -0.4 is 10.0 Å². The topological polar surface area (TPSA) is 75.5 Å². The van der Waals surface area contributed by atoms with Gasteiger partial charge in [0.15, 0.2) is 10.8 Å². The molecule has 0 spiro atoms. The summed E-state index contributed by atoms with van der Waals surface area (Å²) in [6.45, 7) is 2.09. The lowest BCUT2D eigenvalue weighted by molar-refractivity contribution is 0.475. The van der Waals surface area contributed by atoms with Crippen LogP contribution in [0.4, 0.5) is 5.82 Å². The number of nitrogens with one attached hydrogen (secondary N) is 2. The lowest BCUT2D eigenvalue weighted by Crippen LogP contribution is -2.37. The normalized spacial score (nSPS) is 22.8. The van der Waals surface area contributed by atoms with Gasteiger partial charge in [-0.2, -0.15) is 0 Å². The molecule has 2 heterocycles. The molecule has 114 valence electrons. The summed E-state index contributed by atoms with van der Waals surface area (Å²) in [6.07, 6.45) is 4.75. The summed E-state index contributed by atoms with van der Waals surface area (Å²) in [5, 5.41) is 3.06. The molecule has 2 unspecified atom stereocenters. The molecule has 1 fully saturated rings. The predicted octanol–water partition coefficient (Wildman–Crippen LogP) is 1.84. The Morgan fingerprint density at radius 3 is 2.81 bits per heavy atom. The fourth-order valence-corrected chi connectivity index (χ4v) is 4.64. The average molecular weight is 308 g/mol. The smallest absolute Gasteiger partial charge is 0.260 e. The van der Waals surface area contributed by atoms with E-state index in [0.29, 0.717) is 17.4 Å². The molecule has 0 amide bonds. The third-order valence-corrected chi connectivity index (χ3v) is 5.66. The zero-order valence-corrected chi connectivity index (χ0v) is 13.0. The van der Waals surface area contributed by atoms with E-state index in [1.54, 1.807) is 29.8 Å². The van der Waals surface area contributed by atoms with Crippen molar-refractivity contribution in [2.45, 2.75) is 37.3 Å². The first-order chi connectivity index (χ1) is 10.0. The number of nitrogens with zero attached hydrogens (tertiary/aromatic N) is 2. The van der Waals surface area contributed by atoms with Gasteiger partial charge in [-0.05, 0) is 30.9 Å². The van der Waals surface area contributed by atoms with Crippen LogP contribution in [0.2, 0.25) is 0 Å². The summed E-state index contributed by atoms with van der Waals surface area (Å²) >= 11 is 0. The highest BCUT2D eigenvalue weighted by Gasteiger charge is 2.31. The maximum atomic E-state index is 12.8. The van der Waals surface area contributed by atoms with E-state index in [9.17, 15) is 8.42 Å². The Labute approximate surface area is 124 Å². The molecule has 21 heavy (non-hydrogen) atoms. The van der Waals surface area contributed by atoms with Gasteiger partial charge in [0.2, 0.25) is 0 Å². The van der Waals surface area contributed by atoms with Crippen molar-refractivity contribution in [1.82, 2.24) is 14.1 Å². The fourth-order valence-electron chi connectivity index (χ4n) is 2.97. The number of imidazole rings is 1. The molecule has 6 nitrogen and oxygen atoms in total. The Balaban J connectivity index is 2.05. The van der Waals surface area contributed by atoms with Crippen LogP contribution in [0, 0.1) is 5.92 Å². The number of hydrogen-bond acceptors (Lipinski definition) is 4. The molecular formula is C14H20N4O2S. The SMILES string of the molecule is CNc1nc2ccccn2c1S(=O)(=O)NC1CCCC1C. The molecule has 2 atom stereocenters. The number of aromatic nitrogens is 2. The number of pyridine rings is 1. The molecule has 0 bridgehead atoms. The first-order valence-corrected chi connectivity index (χ1v) is 8.68. The highest BCUT2D eigenvalue weighted by molar-refractivity contribution is 7.89. The molecular weight excluding hydrogens is 288 g/mol. The summed E-state index contributed by atoms with van der Waals surface area (Å²) in [4.78, 5) is 4.32. The first-order valence-electron chi connectivity index (χ1n) is 7.20. The molecule has 2 N–H and O–H groups in total. The van der Waals surface area contributed by atoms with Crippen LogP contribution >= 0.6 is 0 Å². The van der Waals surface area contributed by atoms with Gasteiger partial charge in [-0.3, -0.25) is 4.40 Å². The third kappa shape index (κ3) is 2.51. The van der Waals surface area contributed by atoms with Crippen molar-refractivity contribution < 1.29 is 8.42 Å². The second-order valence-corrected chi connectivity index (χ2v) is 7.21. The lowest BCUT2D eigenvalue weighted by Gasteiger charge is -2.17. The van der Waals surface area contributed by atoms with E-state index in [-0.39, 0.29) is 11.1 Å². The van der Waals surface area contributed by atoms with Crippen LogP contribution in [0.25, 0.3) is 5.65 Å². The van der Waals surface area contributed by atoms with Crippen molar-refractivity contribution in [3.8, 4) is 0 Å². The van der Waals surface area contributed by atoms with E-state index in [4.69, 9.17) is 0 Å². The van der Waals surface area contributed by atoms with Gasteiger partial charge >= 0.3 is 0 Å². The molecule has 3 rings (SSSR count). The van der Waals surface area contributed by atoms with Gasteiger partial charge in [-0.1, -0.05) is 19.4 Å². The summed E-state index contributed by atoms with van der Waals surface area (Å²) in [6, 6.07) is 5.43. The minimum absolute atomic E-state index is 0.00830. The summed E-state index contributed by atoms with van der Waals surface area (Å²) < 4.78 is 30.0. The van der Waals surface area contributed by atoms with Crippen molar-refractivity contribution in [3.63, 3.8) is 0 Å². The molecule has 1 aliphatic carbocycles. The monoisotopic (exact) mass is 308 g/mol. The van der Waals surface area contributed by atoms with E-state index < -0.39 is 10.0 Å². The van der Waals surface area contributed by atoms with Gasteiger partial charge in [0.25, 0.3) is 10.0 Å². The minimum atomic E-state index is -3.61. The summed E-state index contributed by atoms with van der Waals surface area (Å²) in [7, 11) is -1.94. The molecule has 2 aromatic rings.